The fourth-order valence-corrected chi connectivity index (χ4v) is 2.03. The van der Waals surface area contributed by atoms with Gasteiger partial charge in [0.2, 0.25) is 0 Å². The monoisotopic (exact) mass is 232 g/mol. The van der Waals surface area contributed by atoms with Gasteiger partial charge in [-0.1, -0.05) is 24.3 Å². The zero-order valence-electron chi connectivity index (χ0n) is 8.97. The van der Waals surface area contributed by atoms with Crippen molar-refractivity contribution in [1.29, 1.82) is 0 Å². The second-order valence-electron chi connectivity index (χ2n) is 3.47. The van der Waals surface area contributed by atoms with Crippen LogP contribution in [0.4, 0.5) is 0 Å². The molecule has 0 N–H and O–H groups in total. The van der Waals surface area contributed by atoms with Gasteiger partial charge in [-0.05, 0) is 30.0 Å². The summed E-state index contributed by atoms with van der Waals surface area (Å²) in [7, 11) is 0. The smallest absolute Gasteiger partial charge is 0.338 e. The molecule has 2 aromatic rings. The molecule has 0 unspecified atom stereocenters. The molecule has 0 saturated heterocycles. The maximum Gasteiger partial charge on any atom is 0.338 e. The molecule has 0 aliphatic heterocycles. The van der Waals surface area contributed by atoms with E-state index in [9.17, 15) is 4.79 Å². The van der Waals surface area contributed by atoms with Gasteiger partial charge in [-0.3, -0.25) is 0 Å². The molecule has 82 valence electrons. The topological polar surface area (TPSA) is 26.3 Å². The number of carbonyl (C=O) groups excluding carboxylic acids is 1. The van der Waals surface area contributed by atoms with E-state index in [0.29, 0.717) is 12.2 Å². The van der Waals surface area contributed by atoms with Crippen LogP contribution in [-0.2, 0) is 11.3 Å². The molecule has 0 spiro atoms. The third-order valence-electron chi connectivity index (χ3n) is 2.29. The van der Waals surface area contributed by atoms with E-state index in [1.807, 2.05) is 42.6 Å². The molecular weight excluding hydrogens is 220 g/mol. The first-order valence-electron chi connectivity index (χ1n) is 5.02. The third kappa shape index (κ3) is 2.49. The standard InChI is InChI=1S/C13H12O2S/c1-10-5-2-3-7-12(10)13(14)15-9-11-6-4-8-16-11/h2-8H,9H2,1H3. The van der Waals surface area contributed by atoms with E-state index in [-0.39, 0.29) is 5.97 Å². The minimum Gasteiger partial charge on any atom is -0.456 e. The average molecular weight is 232 g/mol. The molecule has 0 aliphatic carbocycles. The SMILES string of the molecule is Cc1ccccc1C(=O)OCc1cccs1. The van der Waals surface area contributed by atoms with Gasteiger partial charge in [-0.2, -0.15) is 0 Å². The highest BCUT2D eigenvalue weighted by Gasteiger charge is 2.09. The highest BCUT2D eigenvalue weighted by molar-refractivity contribution is 7.09. The first-order chi connectivity index (χ1) is 7.77. The van der Waals surface area contributed by atoms with Crippen LogP contribution in [0.2, 0.25) is 0 Å². The number of aryl methyl sites for hydroxylation is 1. The lowest BCUT2D eigenvalue weighted by atomic mass is 10.1. The van der Waals surface area contributed by atoms with Gasteiger partial charge in [-0.15, -0.1) is 11.3 Å². The second kappa shape index (κ2) is 4.94. The van der Waals surface area contributed by atoms with Crippen molar-refractivity contribution < 1.29 is 9.53 Å². The summed E-state index contributed by atoms with van der Waals surface area (Å²) in [5, 5.41) is 1.97. The molecule has 3 heteroatoms. The van der Waals surface area contributed by atoms with Crippen LogP contribution in [0.15, 0.2) is 41.8 Å². The Morgan fingerprint density at radius 2 is 2.06 bits per heavy atom. The van der Waals surface area contributed by atoms with Gasteiger partial charge in [0.15, 0.2) is 0 Å². The van der Waals surface area contributed by atoms with Gasteiger partial charge in [0, 0.05) is 4.88 Å². The van der Waals surface area contributed by atoms with Crippen molar-refractivity contribution in [2.24, 2.45) is 0 Å². The first kappa shape index (κ1) is 10.9. The number of carbonyl (C=O) groups is 1. The Hall–Kier alpha value is -1.61. The Bertz CT molecular complexity index is 474. The lowest BCUT2D eigenvalue weighted by Gasteiger charge is -2.05. The van der Waals surface area contributed by atoms with Crippen LogP contribution in [0.1, 0.15) is 20.8 Å². The maximum atomic E-state index is 11.7. The summed E-state index contributed by atoms with van der Waals surface area (Å²) in [4.78, 5) is 12.8. The lowest BCUT2D eigenvalue weighted by molar-refractivity contribution is 0.0476. The molecule has 0 aliphatic rings. The van der Waals surface area contributed by atoms with Crippen molar-refractivity contribution in [2.75, 3.05) is 0 Å². The number of ether oxygens (including phenoxy) is 1. The Morgan fingerprint density at radius 3 is 2.75 bits per heavy atom. The maximum absolute atomic E-state index is 11.7. The molecule has 1 aromatic carbocycles. The quantitative estimate of drug-likeness (QED) is 0.758. The van der Waals surface area contributed by atoms with E-state index in [1.165, 1.54) is 0 Å². The van der Waals surface area contributed by atoms with Gasteiger partial charge in [0.1, 0.15) is 6.61 Å². The van der Waals surface area contributed by atoms with E-state index >= 15 is 0 Å². The van der Waals surface area contributed by atoms with Gasteiger partial charge in [0.05, 0.1) is 5.56 Å². The summed E-state index contributed by atoms with van der Waals surface area (Å²) in [5.41, 5.74) is 1.58. The van der Waals surface area contributed by atoms with Crippen molar-refractivity contribution in [2.45, 2.75) is 13.5 Å². The number of hydrogen-bond donors (Lipinski definition) is 0. The van der Waals surface area contributed by atoms with Crippen LogP contribution in [0, 0.1) is 6.92 Å². The zero-order chi connectivity index (χ0) is 11.4. The molecule has 0 amide bonds. The van der Waals surface area contributed by atoms with Crippen LogP contribution >= 0.6 is 11.3 Å². The fraction of sp³-hybridized carbons (Fsp3) is 0.154. The number of benzene rings is 1. The predicted molar refractivity (Wildman–Crippen MR) is 64.6 cm³/mol. The molecule has 1 heterocycles. The lowest BCUT2D eigenvalue weighted by Crippen LogP contribution is -2.06. The largest absolute Gasteiger partial charge is 0.456 e. The third-order valence-corrected chi connectivity index (χ3v) is 3.14. The molecule has 2 nitrogen and oxygen atoms in total. The molecule has 1 aromatic heterocycles. The van der Waals surface area contributed by atoms with Gasteiger partial charge < -0.3 is 4.74 Å². The van der Waals surface area contributed by atoms with E-state index in [0.717, 1.165) is 10.4 Å². The van der Waals surface area contributed by atoms with E-state index < -0.39 is 0 Å². The summed E-state index contributed by atoms with van der Waals surface area (Å²) in [6, 6.07) is 11.3. The van der Waals surface area contributed by atoms with Crippen LogP contribution in [0.3, 0.4) is 0 Å². The van der Waals surface area contributed by atoms with Crippen LogP contribution in [0.25, 0.3) is 0 Å². The van der Waals surface area contributed by atoms with Crippen molar-refractivity contribution in [3.8, 4) is 0 Å². The van der Waals surface area contributed by atoms with Gasteiger partial charge in [0.25, 0.3) is 0 Å². The Labute approximate surface area is 98.5 Å². The Balaban J connectivity index is 2.01. The molecule has 16 heavy (non-hydrogen) atoms. The first-order valence-corrected chi connectivity index (χ1v) is 5.90. The Kier molecular flexibility index (Phi) is 3.37. The van der Waals surface area contributed by atoms with Gasteiger partial charge in [-0.25, -0.2) is 4.79 Å². The molecular formula is C13H12O2S. The molecule has 0 radical (unpaired) electrons. The van der Waals surface area contributed by atoms with Crippen molar-refractivity contribution in [3.05, 3.63) is 57.8 Å². The zero-order valence-corrected chi connectivity index (χ0v) is 9.79. The summed E-state index contributed by atoms with van der Waals surface area (Å²) >= 11 is 1.59. The highest BCUT2D eigenvalue weighted by atomic mass is 32.1. The normalized spacial score (nSPS) is 10.1. The van der Waals surface area contributed by atoms with Crippen molar-refractivity contribution in [1.82, 2.24) is 0 Å². The average Bonchev–Trinajstić information content (AvgIpc) is 2.79. The summed E-state index contributed by atoms with van der Waals surface area (Å²) < 4.78 is 5.22. The van der Waals surface area contributed by atoms with Crippen LogP contribution in [0.5, 0.6) is 0 Å². The minimum atomic E-state index is -0.258. The minimum absolute atomic E-state index is 0.258. The molecule has 0 fully saturated rings. The number of rotatable bonds is 3. The number of esters is 1. The van der Waals surface area contributed by atoms with Gasteiger partial charge >= 0.3 is 5.97 Å². The molecule has 0 bridgehead atoms. The van der Waals surface area contributed by atoms with E-state index in [2.05, 4.69) is 0 Å². The Morgan fingerprint density at radius 1 is 1.25 bits per heavy atom. The van der Waals surface area contributed by atoms with E-state index in [1.54, 1.807) is 17.4 Å². The van der Waals surface area contributed by atoms with Crippen molar-refractivity contribution in [3.63, 3.8) is 0 Å². The fourth-order valence-electron chi connectivity index (χ4n) is 1.41. The number of thiophene rings is 1. The van der Waals surface area contributed by atoms with Crippen molar-refractivity contribution >= 4 is 17.3 Å². The highest BCUT2D eigenvalue weighted by Crippen LogP contribution is 2.13. The molecule has 0 saturated carbocycles. The summed E-state index contributed by atoms with van der Waals surface area (Å²) in [5.74, 6) is -0.258. The predicted octanol–water partition coefficient (Wildman–Crippen LogP) is 3.41. The summed E-state index contributed by atoms with van der Waals surface area (Å²) in [6.45, 7) is 2.26. The van der Waals surface area contributed by atoms with Crippen LogP contribution in [-0.4, -0.2) is 5.97 Å². The van der Waals surface area contributed by atoms with E-state index in [4.69, 9.17) is 4.74 Å². The summed E-state index contributed by atoms with van der Waals surface area (Å²) in [6.07, 6.45) is 0. The number of hydrogen-bond acceptors (Lipinski definition) is 3. The molecule has 0 atom stereocenters. The van der Waals surface area contributed by atoms with Crippen LogP contribution < -0.4 is 0 Å². The second-order valence-corrected chi connectivity index (χ2v) is 4.50. The molecule has 2 rings (SSSR count).